The molecule has 3 unspecified atom stereocenters. The lowest BCUT2D eigenvalue weighted by atomic mass is 9.79. The van der Waals surface area contributed by atoms with E-state index in [1.165, 1.54) is 31.5 Å². The molecular formula is C16H20FNO2. The summed E-state index contributed by atoms with van der Waals surface area (Å²) in [4.78, 5) is 2.54. The lowest BCUT2D eigenvalue weighted by Crippen LogP contribution is -2.52. The summed E-state index contributed by atoms with van der Waals surface area (Å²) in [5.74, 6) is 0.351. The van der Waals surface area contributed by atoms with Crippen molar-refractivity contribution in [2.24, 2.45) is 0 Å². The van der Waals surface area contributed by atoms with Crippen LogP contribution in [0.1, 0.15) is 43.8 Å². The number of fused-ring (bicyclic) bond motifs is 2. The molecule has 0 radical (unpaired) electrons. The molecule has 0 aromatic heterocycles. The molecule has 108 valence electrons. The first-order valence-electron chi connectivity index (χ1n) is 7.56. The molecule has 2 fully saturated rings. The van der Waals surface area contributed by atoms with E-state index in [1.54, 1.807) is 6.07 Å². The molecule has 3 nitrogen and oxygen atoms in total. The maximum atomic E-state index is 13.3. The van der Waals surface area contributed by atoms with Gasteiger partial charge in [-0.3, -0.25) is 0 Å². The van der Waals surface area contributed by atoms with Gasteiger partial charge in [-0.05, 0) is 44.0 Å². The first kappa shape index (κ1) is 12.6. The van der Waals surface area contributed by atoms with Gasteiger partial charge in [0.05, 0.1) is 6.10 Å². The van der Waals surface area contributed by atoms with Crippen LogP contribution >= 0.6 is 0 Å². The van der Waals surface area contributed by atoms with Gasteiger partial charge in [0.1, 0.15) is 17.2 Å². The third-order valence-electron chi connectivity index (χ3n) is 5.18. The molecule has 4 heteroatoms. The maximum Gasteiger partial charge on any atom is 0.126 e. The standard InChI is InChI=1S/C16H20FNO2/c17-11-3-4-15-13(8-11)14(19)10-16(20-15)5-7-18-6-1-2-12(18)9-16/h3-4,8,12,14,19H,1-2,5-7,9-10H2. The van der Waals surface area contributed by atoms with Crippen LogP contribution in [0.4, 0.5) is 4.39 Å². The van der Waals surface area contributed by atoms with E-state index in [1.807, 2.05) is 0 Å². The second-order valence-corrected chi connectivity index (χ2v) is 6.47. The number of ether oxygens (including phenoxy) is 1. The summed E-state index contributed by atoms with van der Waals surface area (Å²) >= 11 is 0. The first-order valence-corrected chi connectivity index (χ1v) is 7.56. The monoisotopic (exact) mass is 277 g/mol. The van der Waals surface area contributed by atoms with Crippen LogP contribution in [-0.4, -0.2) is 34.7 Å². The number of piperidine rings is 1. The molecule has 1 spiro atoms. The number of hydrogen-bond donors (Lipinski definition) is 1. The maximum absolute atomic E-state index is 13.3. The Morgan fingerprint density at radius 1 is 1.30 bits per heavy atom. The summed E-state index contributed by atoms with van der Waals surface area (Å²) in [6, 6.07) is 5.07. The van der Waals surface area contributed by atoms with E-state index in [2.05, 4.69) is 4.90 Å². The summed E-state index contributed by atoms with van der Waals surface area (Å²) in [6.07, 6.45) is 4.43. The van der Waals surface area contributed by atoms with Crippen LogP contribution in [0, 0.1) is 5.82 Å². The predicted octanol–water partition coefficient (Wildman–Crippen LogP) is 2.64. The fourth-order valence-corrected chi connectivity index (χ4v) is 4.19. The number of rotatable bonds is 0. The van der Waals surface area contributed by atoms with Crippen LogP contribution in [0.2, 0.25) is 0 Å². The minimum Gasteiger partial charge on any atom is -0.487 e. The van der Waals surface area contributed by atoms with Gasteiger partial charge in [-0.1, -0.05) is 0 Å². The van der Waals surface area contributed by atoms with Crippen LogP contribution in [0.15, 0.2) is 18.2 Å². The molecule has 0 bridgehead atoms. The number of aliphatic hydroxyl groups excluding tert-OH is 1. The molecule has 0 amide bonds. The highest BCUT2D eigenvalue weighted by Gasteiger charge is 2.47. The van der Waals surface area contributed by atoms with Crippen molar-refractivity contribution in [2.45, 2.75) is 49.9 Å². The van der Waals surface area contributed by atoms with Gasteiger partial charge in [-0.2, -0.15) is 0 Å². The minimum absolute atomic E-state index is 0.254. The van der Waals surface area contributed by atoms with Crippen molar-refractivity contribution >= 4 is 0 Å². The van der Waals surface area contributed by atoms with Gasteiger partial charge in [0.25, 0.3) is 0 Å². The van der Waals surface area contributed by atoms with E-state index in [-0.39, 0.29) is 11.4 Å². The average Bonchev–Trinajstić information content (AvgIpc) is 2.87. The highest BCUT2D eigenvalue weighted by atomic mass is 19.1. The molecule has 3 heterocycles. The predicted molar refractivity (Wildman–Crippen MR) is 73.2 cm³/mol. The molecule has 20 heavy (non-hydrogen) atoms. The van der Waals surface area contributed by atoms with Crippen molar-refractivity contribution in [3.05, 3.63) is 29.6 Å². The van der Waals surface area contributed by atoms with Gasteiger partial charge in [-0.25, -0.2) is 4.39 Å². The van der Waals surface area contributed by atoms with E-state index in [0.717, 1.165) is 19.4 Å². The second-order valence-electron chi connectivity index (χ2n) is 6.47. The van der Waals surface area contributed by atoms with Crippen LogP contribution in [0.25, 0.3) is 0 Å². The van der Waals surface area contributed by atoms with Gasteiger partial charge in [0.2, 0.25) is 0 Å². The number of nitrogens with zero attached hydrogens (tertiary/aromatic N) is 1. The van der Waals surface area contributed by atoms with Crippen LogP contribution < -0.4 is 4.74 Å². The number of halogens is 1. The Bertz CT molecular complexity index is 535. The summed E-state index contributed by atoms with van der Waals surface area (Å²) in [7, 11) is 0. The summed E-state index contributed by atoms with van der Waals surface area (Å²) < 4.78 is 19.5. The quantitative estimate of drug-likeness (QED) is 0.791. The number of aliphatic hydroxyl groups is 1. The Balaban J connectivity index is 1.63. The van der Waals surface area contributed by atoms with Crippen molar-refractivity contribution in [1.29, 1.82) is 0 Å². The molecule has 3 aliphatic rings. The van der Waals surface area contributed by atoms with E-state index < -0.39 is 6.10 Å². The summed E-state index contributed by atoms with van der Waals surface area (Å²) in [6.45, 7) is 2.25. The Labute approximate surface area is 118 Å². The Morgan fingerprint density at radius 3 is 3.10 bits per heavy atom. The van der Waals surface area contributed by atoms with Gasteiger partial charge in [0.15, 0.2) is 0 Å². The zero-order chi connectivity index (χ0) is 13.7. The molecule has 3 atom stereocenters. The Morgan fingerprint density at radius 2 is 2.20 bits per heavy atom. The number of benzene rings is 1. The molecule has 4 rings (SSSR count). The van der Waals surface area contributed by atoms with Crippen molar-refractivity contribution < 1.29 is 14.2 Å². The largest absolute Gasteiger partial charge is 0.487 e. The highest BCUT2D eigenvalue weighted by molar-refractivity contribution is 5.38. The third kappa shape index (κ3) is 1.93. The summed E-state index contributed by atoms with van der Waals surface area (Å²) in [5.41, 5.74) is 0.347. The molecule has 2 saturated heterocycles. The van der Waals surface area contributed by atoms with Gasteiger partial charge < -0.3 is 14.7 Å². The van der Waals surface area contributed by atoms with Crippen molar-refractivity contribution in [1.82, 2.24) is 4.90 Å². The smallest absolute Gasteiger partial charge is 0.126 e. The SMILES string of the molecule is OC1CC2(CCN3CCCC3C2)Oc2ccc(F)cc21. The second kappa shape index (κ2) is 4.43. The van der Waals surface area contributed by atoms with Crippen molar-refractivity contribution in [2.75, 3.05) is 13.1 Å². The van der Waals surface area contributed by atoms with E-state index in [4.69, 9.17) is 4.74 Å². The van der Waals surface area contributed by atoms with Crippen molar-refractivity contribution in [3.8, 4) is 5.75 Å². The van der Waals surface area contributed by atoms with Crippen LogP contribution in [-0.2, 0) is 0 Å². The lowest BCUT2D eigenvalue weighted by Gasteiger charge is -2.47. The molecule has 0 saturated carbocycles. The molecular weight excluding hydrogens is 257 g/mol. The zero-order valence-corrected chi connectivity index (χ0v) is 11.5. The van der Waals surface area contributed by atoms with E-state index >= 15 is 0 Å². The van der Waals surface area contributed by atoms with Gasteiger partial charge in [-0.15, -0.1) is 0 Å². The van der Waals surface area contributed by atoms with Crippen molar-refractivity contribution in [3.63, 3.8) is 0 Å². The van der Waals surface area contributed by atoms with E-state index in [9.17, 15) is 9.50 Å². The van der Waals surface area contributed by atoms with Gasteiger partial charge in [0, 0.05) is 31.0 Å². The summed E-state index contributed by atoms with van der Waals surface area (Å²) in [5, 5.41) is 10.4. The first-order chi connectivity index (χ1) is 9.65. The number of hydrogen-bond acceptors (Lipinski definition) is 3. The Kier molecular flexibility index (Phi) is 2.79. The highest BCUT2D eigenvalue weighted by Crippen LogP contribution is 2.46. The fraction of sp³-hybridized carbons (Fsp3) is 0.625. The Hall–Kier alpha value is -1.13. The minimum atomic E-state index is -0.609. The molecule has 1 aromatic rings. The molecule has 0 aliphatic carbocycles. The zero-order valence-electron chi connectivity index (χ0n) is 11.5. The molecule has 1 N–H and O–H groups in total. The molecule has 3 aliphatic heterocycles. The van der Waals surface area contributed by atoms with E-state index in [0.29, 0.717) is 23.8 Å². The third-order valence-corrected chi connectivity index (χ3v) is 5.18. The molecule has 1 aromatic carbocycles. The van der Waals surface area contributed by atoms with Gasteiger partial charge >= 0.3 is 0 Å². The topological polar surface area (TPSA) is 32.7 Å². The van der Waals surface area contributed by atoms with Crippen LogP contribution in [0.3, 0.4) is 0 Å². The lowest BCUT2D eigenvalue weighted by molar-refractivity contribution is -0.0647. The van der Waals surface area contributed by atoms with Crippen LogP contribution in [0.5, 0.6) is 5.75 Å². The normalized spacial score (nSPS) is 36.5. The fourth-order valence-electron chi connectivity index (χ4n) is 4.19. The average molecular weight is 277 g/mol.